The molecule has 0 atom stereocenters. The molecule has 3 heteroatoms. The van der Waals surface area contributed by atoms with Crippen LogP contribution in [0, 0.1) is 26.7 Å². The van der Waals surface area contributed by atoms with Crippen LogP contribution in [0.25, 0.3) is 5.69 Å². The number of hydrogen-bond donors (Lipinski definition) is 1. The molecule has 2 rings (SSSR count). The van der Waals surface area contributed by atoms with Gasteiger partial charge in [0, 0.05) is 12.2 Å². The van der Waals surface area contributed by atoms with Crippen LogP contribution in [0.1, 0.15) is 36.4 Å². The molecule has 1 N–H and O–H groups in total. The van der Waals surface area contributed by atoms with Gasteiger partial charge in [-0.1, -0.05) is 32.0 Å². The summed E-state index contributed by atoms with van der Waals surface area (Å²) < 4.78 is 2.07. The first-order chi connectivity index (χ1) is 9.50. The van der Waals surface area contributed by atoms with Gasteiger partial charge in [-0.15, -0.1) is 0 Å². The van der Waals surface area contributed by atoms with Crippen molar-refractivity contribution in [3.05, 3.63) is 46.8 Å². The number of aromatic nitrogens is 2. The van der Waals surface area contributed by atoms with Crippen LogP contribution in [0.2, 0.25) is 0 Å². The zero-order chi connectivity index (χ0) is 14.7. The molecule has 0 amide bonds. The lowest BCUT2D eigenvalue weighted by Gasteiger charge is -2.13. The van der Waals surface area contributed by atoms with E-state index in [1.54, 1.807) is 0 Å². The van der Waals surface area contributed by atoms with E-state index in [-0.39, 0.29) is 0 Å². The molecule has 0 saturated carbocycles. The molecule has 0 radical (unpaired) electrons. The number of rotatable bonds is 5. The Morgan fingerprint density at radius 1 is 1.15 bits per heavy atom. The van der Waals surface area contributed by atoms with E-state index in [4.69, 9.17) is 0 Å². The first kappa shape index (κ1) is 14.8. The predicted molar refractivity (Wildman–Crippen MR) is 84.3 cm³/mol. The number of nitrogens with zero attached hydrogens (tertiary/aromatic N) is 2. The Morgan fingerprint density at radius 2 is 1.85 bits per heavy atom. The monoisotopic (exact) mass is 271 g/mol. The molecule has 0 aliphatic carbocycles. The third kappa shape index (κ3) is 3.10. The van der Waals surface area contributed by atoms with Crippen LogP contribution in [0.4, 0.5) is 0 Å². The summed E-state index contributed by atoms with van der Waals surface area (Å²) in [5.74, 6) is 0.665. The Bertz CT molecular complexity index is 582. The summed E-state index contributed by atoms with van der Waals surface area (Å²) in [6.07, 6.45) is 0. The normalized spacial score (nSPS) is 11.3. The molecule has 1 aromatic carbocycles. The Labute approximate surface area is 122 Å². The number of aryl methyl sites for hydroxylation is 1. The minimum atomic E-state index is 0.665. The molecule has 2 aromatic rings. The maximum Gasteiger partial charge on any atom is 0.0693 e. The predicted octanol–water partition coefficient (Wildman–Crippen LogP) is 3.54. The van der Waals surface area contributed by atoms with Crippen LogP contribution in [0.15, 0.2) is 24.3 Å². The molecule has 1 heterocycles. The summed E-state index contributed by atoms with van der Waals surface area (Å²) in [6.45, 7) is 12.7. The molecular formula is C17H25N3. The second kappa shape index (κ2) is 6.23. The van der Waals surface area contributed by atoms with Gasteiger partial charge in [0.05, 0.1) is 11.4 Å². The summed E-state index contributed by atoms with van der Waals surface area (Å²) in [4.78, 5) is 0. The average Bonchev–Trinajstić information content (AvgIpc) is 2.67. The molecule has 1 aromatic heterocycles. The van der Waals surface area contributed by atoms with E-state index in [9.17, 15) is 0 Å². The van der Waals surface area contributed by atoms with Crippen molar-refractivity contribution in [3.8, 4) is 5.69 Å². The van der Waals surface area contributed by atoms with Crippen LogP contribution >= 0.6 is 0 Å². The van der Waals surface area contributed by atoms with Crippen molar-refractivity contribution in [2.75, 3.05) is 6.54 Å². The third-order valence-corrected chi connectivity index (χ3v) is 3.74. The van der Waals surface area contributed by atoms with Gasteiger partial charge in [0.25, 0.3) is 0 Å². The molecule has 0 bridgehead atoms. The number of nitrogens with one attached hydrogen (secondary N) is 1. The molecular weight excluding hydrogens is 246 g/mol. The first-order valence-electron chi connectivity index (χ1n) is 7.32. The van der Waals surface area contributed by atoms with Crippen molar-refractivity contribution < 1.29 is 0 Å². The molecule has 3 nitrogen and oxygen atoms in total. The van der Waals surface area contributed by atoms with E-state index < -0.39 is 0 Å². The lowest BCUT2D eigenvalue weighted by atomic mass is 10.1. The van der Waals surface area contributed by atoms with Crippen LogP contribution in [0.3, 0.4) is 0 Å². The van der Waals surface area contributed by atoms with E-state index >= 15 is 0 Å². The molecule has 0 fully saturated rings. The van der Waals surface area contributed by atoms with Crippen molar-refractivity contribution in [3.63, 3.8) is 0 Å². The Morgan fingerprint density at radius 3 is 2.45 bits per heavy atom. The van der Waals surface area contributed by atoms with E-state index in [1.165, 1.54) is 22.5 Å². The second-order valence-electron chi connectivity index (χ2n) is 5.86. The number of hydrogen-bond acceptors (Lipinski definition) is 2. The van der Waals surface area contributed by atoms with Crippen LogP contribution in [-0.2, 0) is 6.54 Å². The minimum Gasteiger partial charge on any atom is -0.312 e. The molecule has 0 unspecified atom stereocenters. The number of para-hydroxylation sites is 1. The quantitative estimate of drug-likeness (QED) is 0.901. The van der Waals surface area contributed by atoms with E-state index in [0.717, 1.165) is 18.8 Å². The SMILES string of the molecule is Cc1nn(-c2ccccc2CNCC(C)C)c(C)c1C. The lowest BCUT2D eigenvalue weighted by Crippen LogP contribution is -2.20. The summed E-state index contributed by atoms with van der Waals surface area (Å²) in [5, 5.41) is 8.18. The van der Waals surface area contributed by atoms with E-state index in [2.05, 4.69) is 74.0 Å². The second-order valence-corrected chi connectivity index (χ2v) is 5.86. The average molecular weight is 271 g/mol. The van der Waals surface area contributed by atoms with Crippen molar-refractivity contribution in [1.29, 1.82) is 0 Å². The van der Waals surface area contributed by atoms with Crippen LogP contribution < -0.4 is 5.32 Å². The molecule has 0 aliphatic heterocycles. The van der Waals surface area contributed by atoms with Crippen LogP contribution in [-0.4, -0.2) is 16.3 Å². The Kier molecular flexibility index (Phi) is 4.61. The van der Waals surface area contributed by atoms with Crippen LogP contribution in [0.5, 0.6) is 0 Å². The highest BCUT2D eigenvalue weighted by atomic mass is 15.3. The Hall–Kier alpha value is -1.61. The minimum absolute atomic E-state index is 0.665. The van der Waals surface area contributed by atoms with Crippen molar-refractivity contribution in [2.24, 2.45) is 5.92 Å². The largest absolute Gasteiger partial charge is 0.312 e. The maximum absolute atomic E-state index is 4.67. The zero-order valence-corrected chi connectivity index (χ0v) is 13.2. The molecule has 108 valence electrons. The van der Waals surface area contributed by atoms with Gasteiger partial charge in [-0.25, -0.2) is 4.68 Å². The van der Waals surface area contributed by atoms with Gasteiger partial charge in [-0.05, 0) is 50.4 Å². The first-order valence-corrected chi connectivity index (χ1v) is 7.32. The van der Waals surface area contributed by atoms with Gasteiger partial charge in [-0.3, -0.25) is 0 Å². The van der Waals surface area contributed by atoms with Gasteiger partial charge in [0.2, 0.25) is 0 Å². The molecule has 0 aliphatic rings. The maximum atomic E-state index is 4.67. The van der Waals surface area contributed by atoms with E-state index in [1.807, 2.05) is 0 Å². The highest BCUT2D eigenvalue weighted by Crippen LogP contribution is 2.20. The number of benzene rings is 1. The fourth-order valence-electron chi connectivity index (χ4n) is 2.32. The van der Waals surface area contributed by atoms with Crippen molar-refractivity contribution in [2.45, 2.75) is 41.2 Å². The van der Waals surface area contributed by atoms with Gasteiger partial charge in [0.15, 0.2) is 0 Å². The van der Waals surface area contributed by atoms with E-state index in [0.29, 0.717) is 5.92 Å². The van der Waals surface area contributed by atoms with Gasteiger partial charge < -0.3 is 5.32 Å². The van der Waals surface area contributed by atoms with Crippen molar-refractivity contribution >= 4 is 0 Å². The van der Waals surface area contributed by atoms with Gasteiger partial charge in [-0.2, -0.15) is 5.10 Å². The topological polar surface area (TPSA) is 29.9 Å². The molecule has 0 saturated heterocycles. The standard InChI is InChI=1S/C17H25N3/c1-12(2)10-18-11-16-8-6-7-9-17(16)20-15(5)13(3)14(4)19-20/h6-9,12,18H,10-11H2,1-5H3. The van der Waals surface area contributed by atoms with Crippen molar-refractivity contribution in [1.82, 2.24) is 15.1 Å². The fraction of sp³-hybridized carbons (Fsp3) is 0.471. The lowest BCUT2D eigenvalue weighted by molar-refractivity contribution is 0.551. The highest BCUT2D eigenvalue weighted by molar-refractivity contribution is 5.43. The third-order valence-electron chi connectivity index (χ3n) is 3.74. The Balaban J connectivity index is 2.29. The highest BCUT2D eigenvalue weighted by Gasteiger charge is 2.11. The summed E-state index contributed by atoms with van der Waals surface area (Å²) in [6, 6.07) is 8.49. The summed E-state index contributed by atoms with van der Waals surface area (Å²) in [5.41, 5.74) is 6.07. The smallest absolute Gasteiger partial charge is 0.0693 e. The summed E-state index contributed by atoms with van der Waals surface area (Å²) >= 11 is 0. The molecule has 0 spiro atoms. The summed E-state index contributed by atoms with van der Waals surface area (Å²) in [7, 11) is 0. The fourth-order valence-corrected chi connectivity index (χ4v) is 2.32. The zero-order valence-electron chi connectivity index (χ0n) is 13.2. The molecule has 20 heavy (non-hydrogen) atoms. The van der Waals surface area contributed by atoms with Gasteiger partial charge in [0.1, 0.15) is 0 Å². The van der Waals surface area contributed by atoms with Gasteiger partial charge >= 0.3 is 0 Å².